The number of fused-ring (bicyclic) bond motifs is 2. The van der Waals surface area contributed by atoms with Crippen molar-refractivity contribution < 1.29 is 37.5 Å². The summed E-state index contributed by atoms with van der Waals surface area (Å²) in [4.78, 5) is 37.8. The van der Waals surface area contributed by atoms with Crippen LogP contribution in [0.5, 0.6) is 23.0 Å². The number of nitro benzene ring substituents is 1. The summed E-state index contributed by atoms with van der Waals surface area (Å²) in [5.41, 5.74) is 3.53. The average Bonchev–Trinajstić information content (AvgIpc) is 3.84. The molecule has 2 saturated heterocycles. The number of carbonyl (C=O) groups is 1. The molecule has 346 valence electrons. The molecule has 1 spiro atoms. The molecule has 3 saturated carbocycles. The number of rotatable bonds is 11. The summed E-state index contributed by atoms with van der Waals surface area (Å²) in [6.07, 6.45) is 14.8. The van der Waals surface area contributed by atoms with E-state index in [0.29, 0.717) is 54.6 Å². The molecule has 5 heterocycles. The molecule has 3 aliphatic heterocycles. The summed E-state index contributed by atoms with van der Waals surface area (Å²) >= 11 is 0. The lowest BCUT2D eigenvalue weighted by Gasteiger charge is -2.56. The molecule has 3 aromatic carbocycles. The minimum atomic E-state index is -4.68. The van der Waals surface area contributed by atoms with Gasteiger partial charge in [-0.1, -0.05) is 24.3 Å². The highest BCUT2D eigenvalue weighted by Gasteiger charge is 2.50. The van der Waals surface area contributed by atoms with E-state index in [0.717, 1.165) is 61.6 Å². The van der Waals surface area contributed by atoms with Crippen molar-refractivity contribution >= 4 is 38.3 Å². The van der Waals surface area contributed by atoms with Crippen LogP contribution >= 0.6 is 0 Å². The van der Waals surface area contributed by atoms with Crippen molar-refractivity contribution in [1.82, 2.24) is 19.6 Å². The summed E-state index contributed by atoms with van der Waals surface area (Å²) in [5.74, 6) is -0.0140. The first-order valence-electron chi connectivity index (χ1n) is 23.6. The Bertz CT molecular complexity index is 2800. The van der Waals surface area contributed by atoms with Crippen molar-refractivity contribution in [2.45, 2.75) is 119 Å². The van der Waals surface area contributed by atoms with Gasteiger partial charge < -0.3 is 29.2 Å². The maximum Gasteiger partial charge on any atom is 0.316 e. The molecule has 1 amide bonds. The number of nitrogens with one attached hydrogen (secondary N) is 2. The van der Waals surface area contributed by atoms with Crippen molar-refractivity contribution in [2.75, 3.05) is 31.1 Å². The number of nitro groups is 1. The molecular weight excluding hydrogens is 861 g/mol. The third kappa shape index (κ3) is 8.25. The van der Waals surface area contributed by atoms with E-state index in [9.17, 15) is 28.4 Å². The lowest BCUT2D eigenvalue weighted by Crippen LogP contribution is -2.54. The van der Waals surface area contributed by atoms with E-state index in [-0.39, 0.29) is 35.3 Å². The molecule has 3 aliphatic carbocycles. The zero-order valence-electron chi connectivity index (χ0n) is 37.1. The third-order valence-electron chi connectivity index (χ3n) is 15.5. The van der Waals surface area contributed by atoms with Gasteiger partial charge in [0.25, 0.3) is 15.9 Å². The van der Waals surface area contributed by atoms with Gasteiger partial charge in [0.15, 0.2) is 5.75 Å². The molecule has 3 N–H and O–H groups in total. The minimum Gasteiger partial charge on any atom is -0.485 e. The fourth-order valence-corrected chi connectivity index (χ4v) is 12.6. The van der Waals surface area contributed by atoms with Crippen molar-refractivity contribution in [2.24, 2.45) is 11.3 Å². The smallest absolute Gasteiger partial charge is 0.316 e. The highest BCUT2D eigenvalue weighted by molar-refractivity contribution is 7.90. The van der Waals surface area contributed by atoms with Gasteiger partial charge in [0.1, 0.15) is 29.9 Å². The minimum absolute atomic E-state index is 0.000182. The van der Waals surface area contributed by atoms with Crippen molar-refractivity contribution in [3.05, 3.63) is 106 Å². The molecule has 2 aromatic heterocycles. The van der Waals surface area contributed by atoms with Crippen LogP contribution < -0.4 is 23.8 Å². The normalized spacial score (nSPS) is 25.4. The Labute approximate surface area is 384 Å². The van der Waals surface area contributed by atoms with E-state index in [1.807, 2.05) is 12.1 Å². The van der Waals surface area contributed by atoms with E-state index in [2.05, 4.69) is 48.8 Å². The number of piperidine rings is 1. The van der Waals surface area contributed by atoms with Gasteiger partial charge in [-0.3, -0.25) is 19.8 Å². The average molecular weight is 917 g/mol. The number of pyridine rings is 1. The summed E-state index contributed by atoms with van der Waals surface area (Å²) < 4.78 is 48.4. The predicted molar refractivity (Wildman–Crippen MR) is 247 cm³/mol. The van der Waals surface area contributed by atoms with Crippen LogP contribution in [-0.2, 0) is 10.0 Å². The first kappa shape index (κ1) is 42.9. The summed E-state index contributed by atoms with van der Waals surface area (Å²) in [6.45, 7) is 4.68. The van der Waals surface area contributed by atoms with Gasteiger partial charge in [0, 0.05) is 60.6 Å². The van der Waals surface area contributed by atoms with Crippen LogP contribution in [0.25, 0.3) is 11.0 Å². The Morgan fingerprint density at radius 1 is 0.970 bits per heavy atom. The van der Waals surface area contributed by atoms with Gasteiger partial charge in [-0.2, -0.15) is 0 Å². The Morgan fingerprint density at radius 3 is 2.50 bits per heavy atom. The van der Waals surface area contributed by atoms with Crippen LogP contribution in [-0.4, -0.2) is 83.2 Å². The molecule has 5 aromatic rings. The van der Waals surface area contributed by atoms with E-state index in [1.165, 1.54) is 44.7 Å². The van der Waals surface area contributed by atoms with E-state index >= 15 is 0 Å². The number of ether oxygens (including phenoxy) is 3. The first-order chi connectivity index (χ1) is 31.8. The lowest BCUT2D eigenvalue weighted by molar-refractivity contribution is -0.386. The van der Waals surface area contributed by atoms with Gasteiger partial charge in [0.05, 0.1) is 27.2 Å². The molecular formula is C50H56N6O9S. The number of aromatic nitrogens is 2. The Hall–Kier alpha value is -5.71. The monoisotopic (exact) mass is 916 g/mol. The van der Waals surface area contributed by atoms with Gasteiger partial charge >= 0.3 is 5.69 Å². The van der Waals surface area contributed by atoms with Gasteiger partial charge in [-0.15, -0.1) is 0 Å². The number of likely N-dealkylation sites (tertiary alicyclic amines) is 1. The number of hydrogen-bond acceptors (Lipinski definition) is 12. The number of benzene rings is 3. The number of sulfonamides is 1. The molecule has 66 heavy (non-hydrogen) atoms. The number of hydrogen-bond donors (Lipinski definition) is 3. The summed E-state index contributed by atoms with van der Waals surface area (Å²) in [5, 5.41) is 23.6. The van der Waals surface area contributed by atoms with Crippen LogP contribution in [0.4, 0.5) is 11.4 Å². The number of nitrogens with zero attached hydrogens (tertiary/aromatic N) is 4. The molecule has 2 atom stereocenters. The van der Waals surface area contributed by atoms with Gasteiger partial charge in [-0.05, 0) is 143 Å². The van der Waals surface area contributed by atoms with Crippen LogP contribution in [0, 0.1) is 21.4 Å². The van der Waals surface area contributed by atoms with Gasteiger partial charge in [-0.25, -0.2) is 18.1 Å². The van der Waals surface area contributed by atoms with Crippen molar-refractivity contribution in [3.8, 4) is 23.0 Å². The quantitative estimate of drug-likeness (QED) is 0.0844. The summed E-state index contributed by atoms with van der Waals surface area (Å²) in [7, 11) is -4.68. The standard InChI is InChI=1S/C50H56N6O9S/c1-49(58)15-12-32(13-16-49)45-30-63-44-26-37(25-42(56(59)60)46(44)65-45)66(61,62)53-48(57)40-11-10-34(24-43(40)64-36-23-33-14-19-51-47(33)52-29-36)54-21-17-50(18-22-54)27-35(28-50)55-20-4-7-41(55)39-6-3-2-5-38(39)31-8-9-31/h2-3,5-6,10-11,14,19,23-26,29,31-32,35,41,45,58H,4,7-9,12-13,15-18,20-22,27-28,30H2,1H3,(H,51,52)(H,53,57)/t32-,41?,45-,49-/m0/s1. The Morgan fingerprint density at radius 2 is 1.74 bits per heavy atom. The largest absolute Gasteiger partial charge is 0.485 e. The Balaban J connectivity index is 0.801. The molecule has 11 rings (SSSR count). The molecule has 6 aliphatic rings. The maximum absolute atomic E-state index is 14.1. The highest BCUT2D eigenvalue weighted by Crippen LogP contribution is 2.55. The van der Waals surface area contributed by atoms with E-state index in [1.54, 1.807) is 42.4 Å². The fraction of sp³-hybridized carbons (Fsp3) is 0.480. The summed E-state index contributed by atoms with van der Waals surface area (Å²) in [6, 6.07) is 21.1. The number of H-pyrrole nitrogens is 1. The van der Waals surface area contributed by atoms with Gasteiger partial charge in [0.2, 0.25) is 5.75 Å². The SMILES string of the molecule is C[C@]1(O)CC[C@H]([C@@H]2COc3cc(S(=O)(=O)NC(=O)c4ccc(N5CCC6(CC5)CC(N5CCCC5c5ccccc5C5CC5)C6)cc4Oc4cnc5[nH]ccc5c4)cc([N+](=O)[O-])c3O2)CC1. The molecule has 16 heteroatoms. The molecule has 15 nitrogen and oxygen atoms in total. The highest BCUT2D eigenvalue weighted by atomic mass is 32.2. The first-order valence-corrected chi connectivity index (χ1v) is 25.0. The van der Waals surface area contributed by atoms with Crippen LogP contribution in [0.3, 0.4) is 0 Å². The zero-order valence-corrected chi connectivity index (χ0v) is 37.9. The maximum atomic E-state index is 14.1. The lowest BCUT2D eigenvalue weighted by atomic mass is 9.59. The number of amides is 1. The third-order valence-corrected chi connectivity index (χ3v) is 16.8. The second kappa shape index (κ2) is 16.6. The molecule has 1 unspecified atom stereocenters. The van der Waals surface area contributed by atoms with Crippen LogP contribution in [0.2, 0.25) is 0 Å². The Kier molecular flexibility index (Phi) is 10.8. The number of carbonyl (C=O) groups excluding carboxylic acids is 1. The molecule has 5 fully saturated rings. The van der Waals surface area contributed by atoms with Crippen LogP contribution in [0.1, 0.15) is 117 Å². The van der Waals surface area contributed by atoms with E-state index < -0.39 is 43.1 Å². The van der Waals surface area contributed by atoms with E-state index in [4.69, 9.17) is 14.2 Å². The predicted octanol–water partition coefficient (Wildman–Crippen LogP) is 8.93. The molecule has 0 bridgehead atoms. The second-order valence-corrected chi connectivity index (χ2v) is 21.7. The zero-order chi connectivity index (χ0) is 45.4. The molecule has 0 radical (unpaired) electrons. The number of aliphatic hydroxyl groups is 1. The fourth-order valence-electron chi connectivity index (χ4n) is 11.6. The number of anilines is 1. The van der Waals surface area contributed by atoms with Crippen LogP contribution in [0.15, 0.2) is 84.0 Å². The van der Waals surface area contributed by atoms with Crippen molar-refractivity contribution in [3.63, 3.8) is 0 Å². The van der Waals surface area contributed by atoms with Crippen molar-refractivity contribution in [1.29, 1.82) is 0 Å². The number of aromatic amines is 1. The topological polar surface area (TPSA) is 189 Å². The second-order valence-electron chi connectivity index (χ2n) is 20.0.